The zero-order valence-electron chi connectivity index (χ0n) is 24.7. The maximum atomic E-state index is 13.2. The second-order valence-electron chi connectivity index (χ2n) is 12.7. The summed E-state index contributed by atoms with van der Waals surface area (Å²) >= 11 is 0. The van der Waals surface area contributed by atoms with Crippen LogP contribution in [0.4, 0.5) is 9.18 Å². The fraction of sp³-hybridized carbons (Fsp3) is 0.700. The molecule has 0 heterocycles. The standard InChI is InChI=1S/C30H48FNO6/c1-28(2,3)36-25(33)23(14-10-12-21-15-17-22(18-16-21)13-11-19-31)20-24(26(34)37-29(4,5)6)32-27(35)38-30(7,8)9/h15-18,23-24H,10-14,19-20H2,1-9H3,(H,32,35)/t23?,24-/m0/s1. The summed E-state index contributed by atoms with van der Waals surface area (Å²) in [6.07, 6.45) is 2.31. The Morgan fingerprint density at radius 1 is 0.737 bits per heavy atom. The second kappa shape index (κ2) is 14.5. The number of amides is 1. The molecule has 0 bridgehead atoms. The Morgan fingerprint density at radius 3 is 1.63 bits per heavy atom. The number of benzene rings is 1. The van der Waals surface area contributed by atoms with Gasteiger partial charge in [-0.1, -0.05) is 24.3 Å². The van der Waals surface area contributed by atoms with E-state index in [1.165, 1.54) is 0 Å². The first-order valence-electron chi connectivity index (χ1n) is 13.5. The van der Waals surface area contributed by atoms with E-state index >= 15 is 0 Å². The van der Waals surface area contributed by atoms with E-state index < -0.39 is 46.8 Å². The third-order valence-electron chi connectivity index (χ3n) is 5.28. The maximum Gasteiger partial charge on any atom is 0.408 e. The SMILES string of the molecule is CC(C)(C)OC(=O)N[C@@H](CC(CCCc1ccc(CCCF)cc1)C(=O)OC(C)(C)C)C(=O)OC(C)(C)C. The minimum absolute atomic E-state index is 0.0191. The van der Waals surface area contributed by atoms with Gasteiger partial charge in [0.15, 0.2) is 0 Å². The lowest BCUT2D eigenvalue weighted by molar-refractivity contribution is -0.163. The fourth-order valence-electron chi connectivity index (χ4n) is 3.73. The monoisotopic (exact) mass is 537 g/mol. The van der Waals surface area contributed by atoms with Crippen LogP contribution in [0.2, 0.25) is 0 Å². The van der Waals surface area contributed by atoms with Crippen molar-refractivity contribution in [1.82, 2.24) is 5.32 Å². The van der Waals surface area contributed by atoms with Gasteiger partial charge >= 0.3 is 18.0 Å². The third kappa shape index (κ3) is 14.9. The number of esters is 2. The molecule has 0 aliphatic heterocycles. The van der Waals surface area contributed by atoms with Gasteiger partial charge in [0.2, 0.25) is 0 Å². The summed E-state index contributed by atoms with van der Waals surface area (Å²) in [5, 5.41) is 2.61. The van der Waals surface area contributed by atoms with Gasteiger partial charge in [-0.25, -0.2) is 9.59 Å². The number of aryl methyl sites for hydroxylation is 2. The van der Waals surface area contributed by atoms with E-state index in [0.29, 0.717) is 25.7 Å². The molecule has 216 valence electrons. The lowest BCUT2D eigenvalue weighted by atomic mass is 9.92. The molecule has 0 fully saturated rings. The molecule has 38 heavy (non-hydrogen) atoms. The first-order valence-corrected chi connectivity index (χ1v) is 13.5. The minimum Gasteiger partial charge on any atom is -0.460 e. The number of carbonyl (C=O) groups excluding carboxylic acids is 3. The number of halogens is 1. The normalized spacial score (nSPS) is 13.8. The molecule has 8 heteroatoms. The van der Waals surface area contributed by atoms with Crippen molar-refractivity contribution in [1.29, 1.82) is 0 Å². The average Bonchev–Trinajstić information content (AvgIpc) is 2.73. The highest BCUT2D eigenvalue weighted by Crippen LogP contribution is 2.23. The highest BCUT2D eigenvalue weighted by Gasteiger charge is 2.34. The number of alkyl carbamates (subject to hydrolysis) is 1. The molecular weight excluding hydrogens is 489 g/mol. The van der Waals surface area contributed by atoms with Crippen LogP contribution in [-0.4, -0.2) is 47.6 Å². The summed E-state index contributed by atoms with van der Waals surface area (Å²) in [5.74, 6) is -1.72. The third-order valence-corrected chi connectivity index (χ3v) is 5.28. The topological polar surface area (TPSA) is 90.9 Å². The highest BCUT2D eigenvalue weighted by atomic mass is 19.1. The molecule has 1 unspecified atom stereocenters. The van der Waals surface area contributed by atoms with Gasteiger partial charge < -0.3 is 19.5 Å². The van der Waals surface area contributed by atoms with E-state index in [2.05, 4.69) is 5.32 Å². The number of nitrogens with one attached hydrogen (secondary N) is 1. The predicted octanol–water partition coefficient (Wildman–Crippen LogP) is 6.49. The molecule has 1 N–H and O–H groups in total. The minimum atomic E-state index is -1.09. The quantitative estimate of drug-likeness (QED) is 0.242. The number of hydrogen-bond donors (Lipinski definition) is 1. The van der Waals surface area contributed by atoms with Crippen LogP contribution in [0, 0.1) is 5.92 Å². The summed E-state index contributed by atoms with van der Waals surface area (Å²) in [6.45, 7) is 15.4. The molecule has 0 saturated heterocycles. The Labute approximate surface area is 228 Å². The van der Waals surface area contributed by atoms with Crippen molar-refractivity contribution in [3.8, 4) is 0 Å². The first kappa shape index (κ1) is 33.4. The van der Waals surface area contributed by atoms with Gasteiger partial charge in [0, 0.05) is 0 Å². The summed E-state index contributed by atoms with van der Waals surface area (Å²) in [7, 11) is 0. The van der Waals surface area contributed by atoms with Crippen LogP contribution in [0.5, 0.6) is 0 Å². The first-order chi connectivity index (χ1) is 17.4. The van der Waals surface area contributed by atoms with Crippen molar-refractivity contribution in [3.63, 3.8) is 0 Å². The van der Waals surface area contributed by atoms with Crippen molar-refractivity contribution in [2.45, 2.75) is 124 Å². The number of rotatable bonds is 12. The zero-order valence-corrected chi connectivity index (χ0v) is 24.7. The summed E-state index contributed by atoms with van der Waals surface area (Å²) in [4.78, 5) is 38.7. The van der Waals surface area contributed by atoms with Gasteiger partial charge in [-0.05, 0) is 112 Å². The Bertz CT molecular complexity index is 893. The number of carbonyl (C=O) groups is 3. The number of alkyl halides is 1. The van der Waals surface area contributed by atoms with Crippen molar-refractivity contribution >= 4 is 18.0 Å². The molecule has 0 aliphatic carbocycles. The molecule has 0 radical (unpaired) electrons. The Balaban J connectivity index is 3.04. The molecule has 0 aliphatic rings. The molecule has 0 saturated carbocycles. The Morgan fingerprint density at radius 2 is 1.18 bits per heavy atom. The molecule has 7 nitrogen and oxygen atoms in total. The van der Waals surface area contributed by atoms with Gasteiger partial charge in [0.05, 0.1) is 12.6 Å². The van der Waals surface area contributed by atoms with E-state index in [0.717, 1.165) is 17.5 Å². The summed E-state index contributed by atoms with van der Waals surface area (Å²) < 4.78 is 29.0. The van der Waals surface area contributed by atoms with Crippen molar-refractivity contribution in [2.24, 2.45) is 5.92 Å². The van der Waals surface area contributed by atoms with Crippen LogP contribution in [0.15, 0.2) is 24.3 Å². The van der Waals surface area contributed by atoms with Gasteiger partial charge in [-0.15, -0.1) is 0 Å². The summed E-state index contributed by atoms with van der Waals surface area (Å²) in [5.41, 5.74) is -0.0406. The zero-order chi connectivity index (χ0) is 29.1. The fourth-order valence-corrected chi connectivity index (χ4v) is 3.73. The lowest BCUT2D eigenvalue weighted by Crippen LogP contribution is -2.47. The molecule has 1 aromatic rings. The molecule has 1 rings (SSSR count). The smallest absolute Gasteiger partial charge is 0.408 e. The van der Waals surface area contributed by atoms with E-state index in [1.807, 2.05) is 24.3 Å². The van der Waals surface area contributed by atoms with E-state index in [4.69, 9.17) is 14.2 Å². The van der Waals surface area contributed by atoms with E-state index in [1.54, 1.807) is 62.3 Å². The average molecular weight is 538 g/mol. The molecule has 0 aromatic heterocycles. The van der Waals surface area contributed by atoms with Gasteiger partial charge in [0.25, 0.3) is 0 Å². The molecule has 0 spiro atoms. The molecule has 1 aromatic carbocycles. The van der Waals surface area contributed by atoms with Gasteiger partial charge in [-0.3, -0.25) is 9.18 Å². The second-order valence-corrected chi connectivity index (χ2v) is 12.7. The van der Waals surface area contributed by atoms with Gasteiger partial charge in [0.1, 0.15) is 22.8 Å². The maximum absolute atomic E-state index is 13.2. The van der Waals surface area contributed by atoms with Crippen LogP contribution >= 0.6 is 0 Å². The van der Waals surface area contributed by atoms with Gasteiger partial charge in [-0.2, -0.15) is 0 Å². The van der Waals surface area contributed by atoms with Crippen LogP contribution < -0.4 is 5.32 Å². The molecule has 1 amide bonds. The van der Waals surface area contributed by atoms with E-state index in [9.17, 15) is 18.8 Å². The number of hydrogen-bond acceptors (Lipinski definition) is 6. The highest BCUT2D eigenvalue weighted by molar-refractivity contribution is 5.83. The van der Waals surface area contributed by atoms with Crippen LogP contribution in [0.3, 0.4) is 0 Å². The van der Waals surface area contributed by atoms with Crippen LogP contribution in [-0.2, 0) is 36.6 Å². The Hall–Kier alpha value is -2.64. The van der Waals surface area contributed by atoms with Crippen LogP contribution in [0.25, 0.3) is 0 Å². The Kier molecular flexibility index (Phi) is 12.7. The molecule has 2 atom stereocenters. The summed E-state index contributed by atoms with van der Waals surface area (Å²) in [6, 6.07) is 6.95. The van der Waals surface area contributed by atoms with Crippen LogP contribution in [0.1, 0.15) is 99.1 Å². The lowest BCUT2D eigenvalue weighted by Gasteiger charge is -2.29. The largest absolute Gasteiger partial charge is 0.460 e. The van der Waals surface area contributed by atoms with Crippen molar-refractivity contribution in [2.75, 3.05) is 6.67 Å². The van der Waals surface area contributed by atoms with Crippen molar-refractivity contribution in [3.05, 3.63) is 35.4 Å². The molecular formula is C30H48FNO6. The number of ether oxygens (including phenoxy) is 3. The van der Waals surface area contributed by atoms with E-state index in [-0.39, 0.29) is 13.1 Å². The van der Waals surface area contributed by atoms with Crippen molar-refractivity contribution < 1.29 is 33.0 Å². The predicted molar refractivity (Wildman–Crippen MR) is 147 cm³/mol.